The molecule has 1 aliphatic rings. The second kappa shape index (κ2) is 5.12. The quantitative estimate of drug-likeness (QED) is 0.654. The molecule has 1 amide bonds. The molecule has 2 N–H and O–H groups in total. The molecule has 0 saturated carbocycles. The van der Waals surface area contributed by atoms with E-state index < -0.39 is 5.91 Å². The lowest BCUT2D eigenvalue weighted by molar-refractivity contribution is -0.114. The molecular formula is C10H18N2O2. The number of rotatable bonds is 4. The Morgan fingerprint density at radius 2 is 2.14 bits per heavy atom. The number of amides is 1. The largest absolute Gasteiger partial charge is 0.379 e. The molecule has 0 spiro atoms. The summed E-state index contributed by atoms with van der Waals surface area (Å²) in [5.74, 6) is -0.398. The van der Waals surface area contributed by atoms with Gasteiger partial charge in [-0.25, -0.2) is 0 Å². The Morgan fingerprint density at radius 1 is 1.57 bits per heavy atom. The molecule has 4 nitrogen and oxygen atoms in total. The van der Waals surface area contributed by atoms with Crippen LogP contribution < -0.4 is 5.73 Å². The number of hydrogen-bond acceptors (Lipinski definition) is 3. The van der Waals surface area contributed by atoms with Gasteiger partial charge < -0.3 is 10.5 Å². The number of morpholine rings is 1. The van der Waals surface area contributed by atoms with Gasteiger partial charge in [-0.3, -0.25) is 9.69 Å². The van der Waals surface area contributed by atoms with Gasteiger partial charge in [-0.1, -0.05) is 6.58 Å². The van der Waals surface area contributed by atoms with Crippen molar-refractivity contribution in [1.82, 2.24) is 4.90 Å². The molecule has 4 heteroatoms. The molecule has 1 aliphatic heterocycles. The fourth-order valence-electron chi connectivity index (χ4n) is 1.60. The van der Waals surface area contributed by atoms with Crippen LogP contribution in [0.1, 0.15) is 13.3 Å². The third-order valence-electron chi connectivity index (χ3n) is 2.56. The summed E-state index contributed by atoms with van der Waals surface area (Å²) in [6.07, 6.45) is 0.648. The fraction of sp³-hybridized carbons (Fsp3) is 0.700. The van der Waals surface area contributed by atoms with E-state index in [1.54, 1.807) is 0 Å². The van der Waals surface area contributed by atoms with Gasteiger partial charge in [0.15, 0.2) is 0 Å². The van der Waals surface area contributed by atoms with E-state index >= 15 is 0 Å². The zero-order valence-corrected chi connectivity index (χ0v) is 8.66. The Hall–Kier alpha value is -0.870. The average molecular weight is 198 g/mol. The van der Waals surface area contributed by atoms with Gasteiger partial charge in [0.1, 0.15) is 0 Å². The molecule has 1 heterocycles. The van der Waals surface area contributed by atoms with E-state index in [9.17, 15) is 4.79 Å². The Labute approximate surface area is 84.7 Å². The van der Waals surface area contributed by atoms with Crippen LogP contribution in [0.15, 0.2) is 12.2 Å². The van der Waals surface area contributed by atoms with E-state index in [1.807, 2.05) is 0 Å². The number of carbonyl (C=O) groups excluding carboxylic acids is 1. The molecule has 0 radical (unpaired) electrons. The van der Waals surface area contributed by atoms with Gasteiger partial charge in [-0.2, -0.15) is 0 Å². The van der Waals surface area contributed by atoms with Gasteiger partial charge in [0.25, 0.3) is 0 Å². The van der Waals surface area contributed by atoms with Gasteiger partial charge >= 0.3 is 0 Å². The highest BCUT2D eigenvalue weighted by Crippen LogP contribution is 2.11. The van der Waals surface area contributed by atoms with Gasteiger partial charge in [-0.05, 0) is 13.3 Å². The number of carbonyl (C=O) groups is 1. The topological polar surface area (TPSA) is 55.6 Å². The van der Waals surface area contributed by atoms with E-state index in [2.05, 4.69) is 18.4 Å². The Balaban J connectivity index is 2.36. The summed E-state index contributed by atoms with van der Waals surface area (Å²) >= 11 is 0. The highest BCUT2D eigenvalue weighted by Gasteiger charge is 2.18. The van der Waals surface area contributed by atoms with Crippen LogP contribution >= 0.6 is 0 Å². The van der Waals surface area contributed by atoms with E-state index in [0.29, 0.717) is 18.0 Å². The van der Waals surface area contributed by atoms with Crippen LogP contribution in [0.25, 0.3) is 0 Å². The number of nitrogens with zero attached hydrogens (tertiary/aromatic N) is 1. The minimum absolute atomic E-state index is 0.318. The summed E-state index contributed by atoms with van der Waals surface area (Å²) < 4.78 is 5.25. The lowest BCUT2D eigenvalue weighted by Gasteiger charge is -2.32. The van der Waals surface area contributed by atoms with Crippen molar-refractivity contribution in [3.05, 3.63) is 12.2 Å². The van der Waals surface area contributed by atoms with E-state index in [1.165, 1.54) is 0 Å². The van der Waals surface area contributed by atoms with Crippen molar-refractivity contribution in [2.45, 2.75) is 19.4 Å². The van der Waals surface area contributed by atoms with Crippen molar-refractivity contribution in [3.63, 3.8) is 0 Å². The first-order valence-electron chi connectivity index (χ1n) is 4.90. The van der Waals surface area contributed by atoms with Crippen molar-refractivity contribution < 1.29 is 9.53 Å². The van der Waals surface area contributed by atoms with Crippen molar-refractivity contribution >= 4 is 5.91 Å². The van der Waals surface area contributed by atoms with Crippen LogP contribution in [0.3, 0.4) is 0 Å². The van der Waals surface area contributed by atoms with Crippen LogP contribution in [0.5, 0.6) is 0 Å². The minimum Gasteiger partial charge on any atom is -0.379 e. The standard InChI is InChI=1S/C10H18N2O2/c1-8(10(11)13)7-9(2)12-3-5-14-6-4-12/h9H,1,3-7H2,2H3,(H2,11,13). The Bertz CT molecular complexity index is 222. The first-order valence-corrected chi connectivity index (χ1v) is 4.90. The maximum absolute atomic E-state index is 10.8. The van der Waals surface area contributed by atoms with E-state index in [0.717, 1.165) is 26.3 Å². The summed E-state index contributed by atoms with van der Waals surface area (Å²) in [6.45, 7) is 9.13. The van der Waals surface area contributed by atoms with Gasteiger partial charge in [0, 0.05) is 24.7 Å². The normalized spacial score (nSPS) is 20.4. The first kappa shape index (κ1) is 11.2. The molecule has 0 aromatic rings. The number of nitrogens with two attached hydrogens (primary N) is 1. The van der Waals surface area contributed by atoms with Gasteiger partial charge in [0.05, 0.1) is 13.2 Å². The molecule has 1 rings (SSSR count). The molecule has 0 bridgehead atoms. The molecule has 14 heavy (non-hydrogen) atoms. The van der Waals surface area contributed by atoms with E-state index in [-0.39, 0.29) is 0 Å². The minimum atomic E-state index is -0.398. The van der Waals surface area contributed by atoms with E-state index in [4.69, 9.17) is 10.5 Å². The van der Waals surface area contributed by atoms with Crippen molar-refractivity contribution in [2.75, 3.05) is 26.3 Å². The second-order valence-electron chi connectivity index (χ2n) is 3.67. The Morgan fingerprint density at radius 3 is 2.64 bits per heavy atom. The first-order chi connectivity index (χ1) is 6.61. The molecule has 0 aromatic heterocycles. The van der Waals surface area contributed by atoms with Gasteiger partial charge in [0.2, 0.25) is 5.91 Å². The summed E-state index contributed by atoms with van der Waals surface area (Å²) in [7, 11) is 0. The monoisotopic (exact) mass is 198 g/mol. The predicted octanol–water partition coefficient (Wildman–Crippen LogP) is 0.139. The zero-order chi connectivity index (χ0) is 10.6. The highest BCUT2D eigenvalue weighted by atomic mass is 16.5. The molecule has 1 unspecified atom stereocenters. The smallest absolute Gasteiger partial charge is 0.244 e. The lowest BCUT2D eigenvalue weighted by atomic mass is 10.1. The zero-order valence-electron chi connectivity index (χ0n) is 8.66. The lowest BCUT2D eigenvalue weighted by Crippen LogP contribution is -2.42. The van der Waals surface area contributed by atoms with Crippen LogP contribution in [-0.4, -0.2) is 43.2 Å². The Kier molecular flexibility index (Phi) is 4.10. The van der Waals surface area contributed by atoms with Crippen LogP contribution in [0.4, 0.5) is 0 Å². The molecule has 0 aromatic carbocycles. The SMILES string of the molecule is C=C(CC(C)N1CCOCC1)C(N)=O. The maximum atomic E-state index is 10.8. The number of ether oxygens (including phenoxy) is 1. The molecular weight excluding hydrogens is 180 g/mol. The number of hydrogen-bond donors (Lipinski definition) is 1. The molecule has 1 atom stereocenters. The van der Waals surface area contributed by atoms with Crippen molar-refractivity contribution in [1.29, 1.82) is 0 Å². The summed E-state index contributed by atoms with van der Waals surface area (Å²) in [5.41, 5.74) is 5.64. The molecule has 80 valence electrons. The third kappa shape index (κ3) is 3.12. The second-order valence-corrected chi connectivity index (χ2v) is 3.67. The van der Waals surface area contributed by atoms with Gasteiger partial charge in [-0.15, -0.1) is 0 Å². The molecule has 1 saturated heterocycles. The average Bonchev–Trinajstić information content (AvgIpc) is 2.19. The van der Waals surface area contributed by atoms with Crippen LogP contribution in [-0.2, 0) is 9.53 Å². The van der Waals surface area contributed by atoms with Crippen molar-refractivity contribution in [3.8, 4) is 0 Å². The highest BCUT2D eigenvalue weighted by molar-refractivity contribution is 5.91. The summed E-state index contributed by atoms with van der Waals surface area (Å²) in [5, 5.41) is 0. The van der Waals surface area contributed by atoms with Crippen LogP contribution in [0.2, 0.25) is 0 Å². The van der Waals surface area contributed by atoms with Crippen molar-refractivity contribution in [2.24, 2.45) is 5.73 Å². The summed E-state index contributed by atoms with van der Waals surface area (Å²) in [4.78, 5) is 13.1. The molecule has 0 aliphatic carbocycles. The third-order valence-corrected chi connectivity index (χ3v) is 2.56. The van der Waals surface area contributed by atoms with Crippen LogP contribution in [0, 0.1) is 0 Å². The molecule has 1 fully saturated rings. The summed E-state index contributed by atoms with van der Waals surface area (Å²) in [6, 6.07) is 0.318. The fourth-order valence-corrected chi connectivity index (χ4v) is 1.60. The maximum Gasteiger partial charge on any atom is 0.244 e. The predicted molar refractivity (Wildman–Crippen MR) is 54.8 cm³/mol. The number of primary amides is 1.